The summed E-state index contributed by atoms with van der Waals surface area (Å²) < 4.78 is 5.91. The fraction of sp³-hybridized carbons (Fsp3) is 0.360. The molecule has 0 N–H and O–H groups in total. The minimum Gasteiger partial charge on any atom is -0.441 e. The van der Waals surface area contributed by atoms with Crippen molar-refractivity contribution in [3.63, 3.8) is 0 Å². The summed E-state index contributed by atoms with van der Waals surface area (Å²) in [5, 5.41) is 9.14. The second kappa shape index (κ2) is 8.98. The van der Waals surface area contributed by atoms with Crippen molar-refractivity contribution in [1.82, 2.24) is 24.9 Å². The van der Waals surface area contributed by atoms with Crippen LogP contribution in [0.2, 0.25) is 5.02 Å². The smallest absolute Gasteiger partial charge is 0.256 e. The van der Waals surface area contributed by atoms with Gasteiger partial charge in [0.1, 0.15) is 5.52 Å². The lowest BCUT2D eigenvalue weighted by atomic mass is 9.92. The van der Waals surface area contributed by atoms with Crippen molar-refractivity contribution in [2.45, 2.75) is 58.0 Å². The maximum atomic E-state index is 13.9. The number of hydrogen-bond acceptors (Lipinski definition) is 5. The van der Waals surface area contributed by atoms with E-state index in [-0.39, 0.29) is 18.0 Å². The number of fused-ring (bicyclic) bond motifs is 1. The standard InChI is InChI=1S/C25H26ClN5O2/c1-16-6-9-22(31-27-12-13-28-31)20(14-16)25(32)30-17(2)4-3-5-19(30)8-11-24-29-21-15-18(26)7-10-23(21)33-24/h6-7,9-10,12-15,17,19H,3-5,8,11H2,1-2H3. The first-order chi connectivity index (χ1) is 16.0. The van der Waals surface area contributed by atoms with Crippen LogP contribution in [-0.4, -0.2) is 42.9 Å². The number of oxazole rings is 1. The van der Waals surface area contributed by atoms with Crippen molar-refractivity contribution in [3.8, 4) is 5.69 Å². The number of carbonyl (C=O) groups is 1. The Kier molecular flexibility index (Phi) is 5.89. The van der Waals surface area contributed by atoms with E-state index in [2.05, 4.69) is 22.1 Å². The zero-order chi connectivity index (χ0) is 22.9. The van der Waals surface area contributed by atoms with Gasteiger partial charge in [-0.1, -0.05) is 23.2 Å². The summed E-state index contributed by atoms with van der Waals surface area (Å²) in [5.74, 6) is 0.697. The van der Waals surface area contributed by atoms with Gasteiger partial charge in [0.2, 0.25) is 0 Å². The Bertz CT molecular complexity index is 1280. The number of halogens is 1. The molecule has 1 aliphatic rings. The van der Waals surface area contributed by atoms with E-state index in [1.54, 1.807) is 18.5 Å². The topological polar surface area (TPSA) is 77.1 Å². The summed E-state index contributed by atoms with van der Waals surface area (Å²) >= 11 is 6.08. The highest BCUT2D eigenvalue weighted by Crippen LogP contribution is 2.30. The normalized spacial score (nSPS) is 18.7. The van der Waals surface area contributed by atoms with E-state index in [0.29, 0.717) is 28.6 Å². The molecule has 170 valence electrons. The molecule has 2 unspecified atom stereocenters. The first-order valence-corrected chi connectivity index (χ1v) is 11.7. The van der Waals surface area contributed by atoms with E-state index in [1.165, 1.54) is 4.80 Å². The number of aromatic nitrogens is 4. The van der Waals surface area contributed by atoms with Gasteiger partial charge in [0.15, 0.2) is 11.5 Å². The van der Waals surface area contributed by atoms with E-state index in [1.807, 2.05) is 42.2 Å². The highest BCUT2D eigenvalue weighted by Gasteiger charge is 2.33. The van der Waals surface area contributed by atoms with Gasteiger partial charge in [-0.3, -0.25) is 4.79 Å². The molecule has 1 amide bonds. The summed E-state index contributed by atoms with van der Waals surface area (Å²) in [4.78, 5) is 22.0. The monoisotopic (exact) mass is 463 g/mol. The second-order valence-electron chi connectivity index (χ2n) is 8.74. The van der Waals surface area contributed by atoms with Gasteiger partial charge in [-0.15, -0.1) is 0 Å². The molecule has 0 aliphatic carbocycles. The maximum absolute atomic E-state index is 13.9. The van der Waals surface area contributed by atoms with E-state index in [9.17, 15) is 4.79 Å². The Balaban J connectivity index is 1.41. The lowest BCUT2D eigenvalue weighted by Gasteiger charge is -2.41. The van der Waals surface area contributed by atoms with Gasteiger partial charge in [0.05, 0.1) is 23.6 Å². The van der Waals surface area contributed by atoms with Crippen LogP contribution in [0.25, 0.3) is 16.8 Å². The van der Waals surface area contributed by atoms with Crippen LogP contribution in [0, 0.1) is 6.92 Å². The number of amides is 1. The third-order valence-electron chi connectivity index (χ3n) is 6.36. The molecule has 7 nitrogen and oxygen atoms in total. The van der Waals surface area contributed by atoms with E-state index in [4.69, 9.17) is 16.0 Å². The van der Waals surface area contributed by atoms with Crippen molar-refractivity contribution >= 4 is 28.6 Å². The lowest BCUT2D eigenvalue weighted by molar-refractivity contribution is 0.0461. The summed E-state index contributed by atoms with van der Waals surface area (Å²) in [6, 6.07) is 11.5. The first-order valence-electron chi connectivity index (χ1n) is 11.3. The lowest BCUT2D eigenvalue weighted by Crippen LogP contribution is -2.49. The Hall–Kier alpha value is -3.19. The van der Waals surface area contributed by atoms with Crippen LogP contribution in [0.3, 0.4) is 0 Å². The van der Waals surface area contributed by atoms with Crippen molar-refractivity contribution < 1.29 is 9.21 Å². The van der Waals surface area contributed by atoms with Gasteiger partial charge in [0, 0.05) is 23.5 Å². The highest BCUT2D eigenvalue weighted by molar-refractivity contribution is 6.31. The Morgan fingerprint density at radius 3 is 2.79 bits per heavy atom. The molecule has 2 atom stereocenters. The van der Waals surface area contributed by atoms with Gasteiger partial charge >= 0.3 is 0 Å². The largest absolute Gasteiger partial charge is 0.441 e. The third-order valence-corrected chi connectivity index (χ3v) is 6.60. The first kappa shape index (κ1) is 21.6. The average Bonchev–Trinajstić information content (AvgIpc) is 3.47. The molecule has 33 heavy (non-hydrogen) atoms. The Labute approximate surface area is 197 Å². The van der Waals surface area contributed by atoms with Crippen molar-refractivity contribution in [2.75, 3.05) is 0 Å². The Morgan fingerprint density at radius 2 is 1.97 bits per heavy atom. The van der Waals surface area contributed by atoms with Crippen LogP contribution in [0.15, 0.2) is 53.2 Å². The minimum absolute atomic E-state index is 0.0209. The molecule has 0 radical (unpaired) electrons. The molecule has 2 aromatic carbocycles. The predicted octanol–water partition coefficient (Wildman–Crippen LogP) is 5.39. The molecule has 0 bridgehead atoms. The molecule has 1 saturated heterocycles. The van der Waals surface area contributed by atoms with Gasteiger partial charge in [0.25, 0.3) is 5.91 Å². The highest BCUT2D eigenvalue weighted by atomic mass is 35.5. The number of nitrogens with zero attached hydrogens (tertiary/aromatic N) is 5. The summed E-state index contributed by atoms with van der Waals surface area (Å²) in [7, 11) is 0. The van der Waals surface area contributed by atoms with E-state index < -0.39 is 0 Å². The summed E-state index contributed by atoms with van der Waals surface area (Å²) in [6.07, 6.45) is 7.74. The fourth-order valence-electron chi connectivity index (χ4n) is 4.76. The molecule has 4 aromatic rings. The van der Waals surface area contributed by atoms with Gasteiger partial charge in [-0.2, -0.15) is 15.0 Å². The molecule has 2 aromatic heterocycles. The molecule has 1 fully saturated rings. The molecule has 5 rings (SSSR count). The number of rotatable bonds is 5. The van der Waals surface area contributed by atoms with Crippen LogP contribution in [0.4, 0.5) is 0 Å². The maximum Gasteiger partial charge on any atom is 0.256 e. The number of aryl methyl sites for hydroxylation is 2. The molecule has 0 saturated carbocycles. The molecule has 8 heteroatoms. The number of likely N-dealkylation sites (tertiary alicyclic amines) is 1. The summed E-state index contributed by atoms with van der Waals surface area (Å²) in [5.41, 5.74) is 3.85. The number of carbonyl (C=O) groups excluding carboxylic acids is 1. The van der Waals surface area contributed by atoms with Crippen LogP contribution in [-0.2, 0) is 6.42 Å². The molecular weight excluding hydrogens is 438 g/mol. The van der Waals surface area contributed by atoms with Gasteiger partial charge in [-0.05, 0) is 69.9 Å². The van der Waals surface area contributed by atoms with Gasteiger partial charge < -0.3 is 9.32 Å². The van der Waals surface area contributed by atoms with Crippen LogP contribution in [0.5, 0.6) is 0 Å². The van der Waals surface area contributed by atoms with E-state index >= 15 is 0 Å². The van der Waals surface area contributed by atoms with E-state index in [0.717, 1.165) is 42.3 Å². The quantitative estimate of drug-likeness (QED) is 0.396. The number of benzene rings is 2. The molecule has 3 heterocycles. The van der Waals surface area contributed by atoms with Crippen LogP contribution >= 0.6 is 11.6 Å². The number of hydrogen-bond donors (Lipinski definition) is 0. The molecule has 0 spiro atoms. The Morgan fingerprint density at radius 1 is 1.15 bits per heavy atom. The average molecular weight is 464 g/mol. The SMILES string of the molecule is Cc1ccc(-n2nccn2)c(C(=O)N2C(C)CCCC2CCc2nc3cc(Cl)ccc3o2)c1. The zero-order valence-electron chi connectivity index (χ0n) is 18.7. The molecular formula is C25H26ClN5O2. The van der Waals surface area contributed by atoms with Crippen molar-refractivity contribution in [2.24, 2.45) is 0 Å². The fourth-order valence-corrected chi connectivity index (χ4v) is 4.92. The predicted molar refractivity (Wildman–Crippen MR) is 127 cm³/mol. The zero-order valence-corrected chi connectivity index (χ0v) is 19.5. The van der Waals surface area contributed by atoms with Crippen molar-refractivity contribution in [3.05, 3.63) is 70.8 Å². The minimum atomic E-state index is 0.0209. The summed E-state index contributed by atoms with van der Waals surface area (Å²) in [6.45, 7) is 4.13. The van der Waals surface area contributed by atoms with Crippen LogP contribution in [0.1, 0.15) is 54.4 Å². The second-order valence-corrected chi connectivity index (χ2v) is 9.18. The van der Waals surface area contributed by atoms with Gasteiger partial charge in [-0.25, -0.2) is 4.98 Å². The molecule has 1 aliphatic heterocycles. The number of piperidine rings is 1. The van der Waals surface area contributed by atoms with Crippen LogP contribution < -0.4 is 0 Å². The van der Waals surface area contributed by atoms with Crippen molar-refractivity contribution in [1.29, 1.82) is 0 Å². The third kappa shape index (κ3) is 4.37.